The van der Waals surface area contributed by atoms with E-state index < -0.39 is 0 Å². The van der Waals surface area contributed by atoms with Crippen LogP contribution in [0.2, 0.25) is 0 Å². The van der Waals surface area contributed by atoms with Crippen LogP contribution in [-0.4, -0.2) is 37.2 Å². The number of benzene rings is 2. The Morgan fingerprint density at radius 3 is 2.36 bits per heavy atom. The molecule has 134 valence electrons. The number of nitrogens with zero attached hydrogens (tertiary/aromatic N) is 2. The zero-order valence-electron chi connectivity index (χ0n) is 14.2. The van der Waals surface area contributed by atoms with Crippen molar-refractivity contribution in [3.63, 3.8) is 0 Å². The fourth-order valence-corrected chi connectivity index (χ4v) is 2.75. The molecule has 0 bridgehead atoms. The molecule has 5 nitrogen and oxygen atoms in total. The Labute approximate surface area is 166 Å². The molecule has 1 aliphatic heterocycles. The summed E-state index contributed by atoms with van der Waals surface area (Å²) in [5.41, 5.74) is 9.46. The van der Waals surface area contributed by atoms with Crippen LogP contribution < -0.4 is 11.1 Å². The van der Waals surface area contributed by atoms with E-state index in [1.807, 2.05) is 30.3 Å². The van der Waals surface area contributed by atoms with Gasteiger partial charge in [0.2, 0.25) is 0 Å². The van der Waals surface area contributed by atoms with Crippen LogP contribution in [0.4, 0.5) is 5.69 Å². The summed E-state index contributed by atoms with van der Waals surface area (Å²) in [6.07, 6.45) is 0. The summed E-state index contributed by atoms with van der Waals surface area (Å²) < 4.78 is 5.41. The number of hydrogen-bond donors (Lipinski definition) is 2. The molecular formula is C19H25IN4O. The highest BCUT2D eigenvalue weighted by Crippen LogP contribution is 2.14. The molecule has 0 spiro atoms. The average Bonchev–Trinajstić information content (AvgIpc) is 2.63. The van der Waals surface area contributed by atoms with Gasteiger partial charge in [-0.25, -0.2) is 4.99 Å². The van der Waals surface area contributed by atoms with E-state index in [-0.39, 0.29) is 24.0 Å². The second-order valence-corrected chi connectivity index (χ2v) is 5.85. The monoisotopic (exact) mass is 452 g/mol. The summed E-state index contributed by atoms with van der Waals surface area (Å²) in [5.74, 6) is 0.433. The lowest BCUT2D eigenvalue weighted by atomic mass is 10.1. The predicted molar refractivity (Wildman–Crippen MR) is 113 cm³/mol. The Morgan fingerprint density at radius 1 is 1.00 bits per heavy atom. The summed E-state index contributed by atoms with van der Waals surface area (Å²) in [5, 5.41) is 3.11. The van der Waals surface area contributed by atoms with Crippen molar-refractivity contribution in [1.29, 1.82) is 0 Å². The number of anilines is 1. The first-order valence-corrected chi connectivity index (χ1v) is 8.30. The van der Waals surface area contributed by atoms with Gasteiger partial charge in [0.05, 0.1) is 19.8 Å². The molecule has 1 saturated heterocycles. The highest BCUT2D eigenvalue weighted by atomic mass is 127. The van der Waals surface area contributed by atoms with Gasteiger partial charge in [0, 0.05) is 25.3 Å². The van der Waals surface area contributed by atoms with E-state index in [1.165, 1.54) is 11.1 Å². The van der Waals surface area contributed by atoms with Crippen molar-refractivity contribution in [2.45, 2.75) is 13.1 Å². The summed E-state index contributed by atoms with van der Waals surface area (Å²) in [6.45, 7) is 5.10. The van der Waals surface area contributed by atoms with Gasteiger partial charge in [0.15, 0.2) is 5.96 Å². The zero-order valence-corrected chi connectivity index (χ0v) is 16.6. The van der Waals surface area contributed by atoms with Gasteiger partial charge < -0.3 is 15.8 Å². The van der Waals surface area contributed by atoms with Crippen LogP contribution in [0.25, 0.3) is 0 Å². The number of nitrogens with one attached hydrogen (secondary N) is 1. The first-order valence-electron chi connectivity index (χ1n) is 8.30. The molecule has 0 saturated carbocycles. The van der Waals surface area contributed by atoms with E-state index in [0.717, 1.165) is 38.5 Å². The highest BCUT2D eigenvalue weighted by Gasteiger charge is 2.12. The van der Waals surface area contributed by atoms with Crippen molar-refractivity contribution in [3.05, 3.63) is 65.7 Å². The minimum Gasteiger partial charge on any atom is -0.379 e. The van der Waals surface area contributed by atoms with Gasteiger partial charge in [-0.05, 0) is 23.3 Å². The standard InChI is InChI=1S/C19H24N4O.HI/c20-19(22-18-8-2-1-3-9-18)21-14-16-6-4-5-7-17(16)15-23-10-12-24-13-11-23;/h1-9H,10-15H2,(H3,20,21,22);1H. The van der Waals surface area contributed by atoms with Crippen LogP contribution in [0.3, 0.4) is 0 Å². The minimum atomic E-state index is 0. The molecule has 6 heteroatoms. The maximum atomic E-state index is 6.00. The maximum absolute atomic E-state index is 6.00. The largest absolute Gasteiger partial charge is 0.379 e. The van der Waals surface area contributed by atoms with E-state index in [2.05, 4.69) is 39.5 Å². The number of morpholine rings is 1. The van der Waals surface area contributed by atoms with Gasteiger partial charge in [-0.2, -0.15) is 0 Å². The first-order chi connectivity index (χ1) is 11.8. The summed E-state index contributed by atoms with van der Waals surface area (Å²) in [4.78, 5) is 6.90. The molecule has 25 heavy (non-hydrogen) atoms. The van der Waals surface area contributed by atoms with E-state index in [4.69, 9.17) is 10.5 Å². The number of nitrogens with two attached hydrogens (primary N) is 1. The summed E-state index contributed by atoms with van der Waals surface area (Å²) >= 11 is 0. The number of rotatable bonds is 5. The third-order valence-electron chi connectivity index (χ3n) is 4.08. The molecule has 1 fully saturated rings. The molecular weight excluding hydrogens is 427 g/mol. The van der Waals surface area contributed by atoms with Gasteiger partial charge in [0.25, 0.3) is 0 Å². The molecule has 3 N–H and O–H groups in total. The lowest BCUT2D eigenvalue weighted by Gasteiger charge is -2.27. The molecule has 2 aromatic carbocycles. The Balaban J connectivity index is 0.00000225. The van der Waals surface area contributed by atoms with Crippen LogP contribution in [0.15, 0.2) is 59.6 Å². The molecule has 0 aliphatic carbocycles. The SMILES string of the molecule is I.NC(=NCc1ccccc1CN1CCOCC1)Nc1ccccc1. The van der Waals surface area contributed by atoms with Crippen molar-refractivity contribution < 1.29 is 4.74 Å². The maximum Gasteiger partial charge on any atom is 0.193 e. The van der Waals surface area contributed by atoms with Crippen molar-refractivity contribution in [2.24, 2.45) is 10.7 Å². The second-order valence-electron chi connectivity index (χ2n) is 5.85. The molecule has 0 unspecified atom stereocenters. The van der Waals surface area contributed by atoms with E-state index in [0.29, 0.717) is 12.5 Å². The van der Waals surface area contributed by atoms with Crippen molar-refractivity contribution in [3.8, 4) is 0 Å². The molecule has 3 rings (SSSR count). The number of ether oxygens (including phenoxy) is 1. The van der Waals surface area contributed by atoms with E-state index in [1.54, 1.807) is 0 Å². The third-order valence-corrected chi connectivity index (χ3v) is 4.08. The van der Waals surface area contributed by atoms with Gasteiger partial charge in [0.1, 0.15) is 0 Å². The van der Waals surface area contributed by atoms with Gasteiger partial charge in [-0.15, -0.1) is 24.0 Å². The fourth-order valence-electron chi connectivity index (χ4n) is 2.75. The number of aliphatic imine (C=N–C) groups is 1. The zero-order chi connectivity index (χ0) is 16.6. The van der Waals surface area contributed by atoms with Gasteiger partial charge in [-0.3, -0.25) is 4.90 Å². The van der Waals surface area contributed by atoms with E-state index in [9.17, 15) is 0 Å². The number of halogens is 1. The third kappa shape index (κ3) is 6.30. The summed E-state index contributed by atoms with van der Waals surface area (Å²) in [7, 11) is 0. The fraction of sp³-hybridized carbons (Fsp3) is 0.316. The number of guanidine groups is 1. The lowest BCUT2D eigenvalue weighted by Crippen LogP contribution is -2.35. The normalized spacial score (nSPS) is 15.4. The molecule has 0 atom stereocenters. The van der Waals surface area contributed by atoms with Crippen LogP contribution in [0, 0.1) is 0 Å². The van der Waals surface area contributed by atoms with Crippen molar-refractivity contribution in [2.75, 3.05) is 31.6 Å². The summed E-state index contributed by atoms with van der Waals surface area (Å²) in [6, 6.07) is 18.3. The topological polar surface area (TPSA) is 62.9 Å². The van der Waals surface area contributed by atoms with Crippen LogP contribution in [0.1, 0.15) is 11.1 Å². The Bertz CT molecular complexity index is 672. The van der Waals surface area contributed by atoms with Crippen molar-refractivity contribution >= 4 is 35.6 Å². The second kappa shape index (κ2) is 10.4. The molecule has 0 amide bonds. The Morgan fingerprint density at radius 2 is 1.64 bits per heavy atom. The number of para-hydroxylation sites is 1. The molecule has 2 aromatic rings. The molecule has 1 heterocycles. The van der Waals surface area contributed by atoms with Crippen LogP contribution in [-0.2, 0) is 17.8 Å². The average molecular weight is 452 g/mol. The smallest absolute Gasteiger partial charge is 0.193 e. The lowest BCUT2D eigenvalue weighted by molar-refractivity contribution is 0.0341. The van der Waals surface area contributed by atoms with Crippen LogP contribution in [0.5, 0.6) is 0 Å². The molecule has 1 aliphatic rings. The number of hydrogen-bond acceptors (Lipinski definition) is 3. The quantitative estimate of drug-likeness (QED) is 0.416. The first kappa shape index (κ1) is 19.7. The molecule has 0 radical (unpaired) electrons. The van der Waals surface area contributed by atoms with Gasteiger partial charge in [-0.1, -0.05) is 42.5 Å². The van der Waals surface area contributed by atoms with E-state index >= 15 is 0 Å². The minimum absolute atomic E-state index is 0. The Kier molecular flexibility index (Phi) is 8.17. The molecule has 0 aromatic heterocycles. The predicted octanol–water partition coefficient (Wildman–Crippen LogP) is 3.06. The Hall–Kier alpha value is -1.64. The van der Waals surface area contributed by atoms with Gasteiger partial charge >= 0.3 is 0 Å². The van der Waals surface area contributed by atoms with Crippen molar-refractivity contribution in [1.82, 2.24) is 4.90 Å². The highest BCUT2D eigenvalue weighted by molar-refractivity contribution is 14.0. The van der Waals surface area contributed by atoms with Crippen LogP contribution >= 0.6 is 24.0 Å².